The van der Waals surface area contributed by atoms with Gasteiger partial charge >= 0.3 is 5.97 Å². The van der Waals surface area contributed by atoms with E-state index in [0.717, 1.165) is 18.4 Å². The number of rotatable bonds is 6. The number of benzene rings is 1. The van der Waals surface area contributed by atoms with Crippen molar-refractivity contribution < 1.29 is 24.2 Å². The smallest absolute Gasteiger partial charge is 0.341 e. The zero-order chi connectivity index (χ0) is 16.1. The van der Waals surface area contributed by atoms with Crippen molar-refractivity contribution in [3.05, 3.63) is 29.8 Å². The lowest BCUT2D eigenvalue weighted by molar-refractivity contribution is -0.142. The molecule has 1 aromatic carbocycles. The summed E-state index contributed by atoms with van der Waals surface area (Å²) in [6, 6.07) is 7.04. The SMILES string of the molecule is CC1CCC(C(=O)N(C)Cc2ccc(OCC(=O)O)cc2)O1. The van der Waals surface area contributed by atoms with E-state index in [4.69, 9.17) is 14.6 Å². The van der Waals surface area contributed by atoms with Gasteiger partial charge < -0.3 is 19.5 Å². The van der Waals surface area contributed by atoms with E-state index >= 15 is 0 Å². The number of hydrogen-bond donors (Lipinski definition) is 1. The molecule has 0 aliphatic carbocycles. The Kier molecular flexibility index (Phi) is 5.38. The minimum Gasteiger partial charge on any atom is -0.482 e. The van der Waals surface area contributed by atoms with Gasteiger partial charge in [-0.05, 0) is 37.5 Å². The highest BCUT2D eigenvalue weighted by molar-refractivity contribution is 5.81. The first kappa shape index (κ1) is 16.3. The van der Waals surface area contributed by atoms with Crippen LogP contribution in [0, 0.1) is 0 Å². The second-order valence-corrected chi connectivity index (χ2v) is 5.53. The number of carbonyl (C=O) groups excluding carboxylic acids is 1. The number of carboxylic acid groups (broad SMARTS) is 1. The summed E-state index contributed by atoms with van der Waals surface area (Å²) in [7, 11) is 1.75. The molecule has 6 heteroatoms. The molecule has 2 unspecified atom stereocenters. The number of hydrogen-bond acceptors (Lipinski definition) is 4. The van der Waals surface area contributed by atoms with Crippen LogP contribution in [0.1, 0.15) is 25.3 Å². The third-order valence-corrected chi connectivity index (χ3v) is 3.59. The van der Waals surface area contributed by atoms with E-state index in [1.807, 2.05) is 19.1 Å². The summed E-state index contributed by atoms with van der Waals surface area (Å²) >= 11 is 0. The molecule has 1 aliphatic heterocycles. The molecular weight excluding hydrogens is 286 g/mol. The van der Waals surface area contributed by atoms with Gasteiger partial charge in [-0.3, -0.25) is 4.79 Å². The summed E-state index contributed by atoms with van der Waals surface area (Å²) in [6.07, 6.45) is 1.50. The molecule has 22 heavy (non-hydrogen) atoms. The lowest BCUT2D eigenvalue weighted by atomic mass is 10.1. The lowest BCUT2D eigenvalue weighted by Crippen LogP contribution is -2.35. The molecule has 2 atom stereocenters. The van der Waals surface area contributed by atoms with Crippen LogP contribution in [-0.2, 0) is 20.9 Å². The molecule has 1 saturated heterocycles. The second kappa shape index (κ2) is 7.26. The minimum absolute atomic E-state index is 0.00412. The third kappa shape index (κ3) is 4.46. The van der Waals surface area contributed by atoms with Crippen LogP contribution in [0.3, 0.4) is 0 Å². The molecule has 1 fully saturated rings. The Morgan fingerprint density at radius 2 is 2.00 bits per heavy atom. The lowest BCUT2D eigenvalue weighted by Gasteiger charge is -2.21. The van der Waals surface area contributed by atoms with Gasteiger partial charge in [0.05, 0.1) is 6.10 Å². The molecule has 2 rings (SSSR count). The summed E-state index contributed by atoms with van der Waals surface area (Å²) in [6.45, 7) is 2.09. The van der Waals surface area contributed by atoms with E-state index in [9.17, 15) is 9.59 Å². The monoisotopic (exact) mass is 307 g/mol. The Hall–Kier alpha value is -2.08. The first-order valence-corrected chi connectivity index (χ1v) is 7.29. The summed E-state index contributed by atoms with van der Waals surface area (Å²) in [5.41, 5.74) is 0.949. The minimum atomic E-state index is -1.01. The Morgan fingerprint density at radius 3 is 2.55 bits per heavy atom. The predicted molar refractivity (Wildman–Crippen MR) is 79.6 cm³/mol. The predicted octanol–water partition coefficient (Wildman–Crippen LogP) is 1.68. The molecule has 1 N–H and O–H groups in total. The van der Waals surface area contributed by atoms with Gasteiger partial charge in [-0.25, -0.2) is 4.79 Å². The molecule has 0 radical (unpaired) electrons. The van der Waals surface area contributed by atoms with E-state index in [1.54, 1.807) is 24.1 Å². The maximum absolute atomic E-state index is 12.3. The van der Waals surface area contributed by atoms with E-state index < -0.39 is 5.97 Å². The third-order valence-electron chi connectivity index (χ3n) is 3.59. The van der Waals surface area contributed by atoms with Crippen molar-refractivity contribution in [3.63, 3.8) is 0 Å². The fourth-order valence-electron chi connectivity index (χ4n) is 2.42. The molecule has 1 heterocycles. The van der Waals surface area contributed by atoms with E-state index in [-0.39, 0.29) is 24.7 Å². The first-order valence-electron chi connectivity index (χ1n) is 7.29. The largest absolute Gasteiger partial charge is 0.482 e. The second-order valence-electron chi connectivity index (χ2n) is 5.53. The van der Waals surface area contributed by atoms with Crippen molar-refractivity contribution in [2.75, 3.05) is 13.7 Å². The van der Waals surface area contributed by atoms with Gasteiger partial charge in [-0.2, -0.15) is 0 Å². The van der Waals surface area contributed by atoms with Crippen LogP contribution in [-0.4, -0.2) is 47.7 Å². The molecule has 1 aromatic rings. The highest BCUT2D eigenvalue weighted by Crippen LogP contribution is 2.21. The molecule has 1 aliphatic rings. The highest BCUT2D eigenvalue weighted by Gasteiger charge is 2.30. The van der Waals surface area contributed by atoms with E-state index in [0.29, 0.717) is 12.3 Å². The van der Waals surface area contributed by atoms with Crippen LogP contribution < -0.4 is 4.74 Å². The number of carbonyl (C=O) groups is 2. The van der Waals surface area contributed by atoms with Gasteiger partial charge in [0.15, 0.2) is 6.61 Å². The number of aliphatic carboxylic acids is 1. The summed E-state index contributed by atoms with van der Waals surface area (Å²) in [5, 5.41) is 8.55. The molecule has 0 saturated carbocycles. The van der Waals surface area contributed by atoms with Gasteiger partial charge in [0, 0.05) is 13.6 Å². The quantitative estimate of drug-likeness (QED) is 0.865. The zero-order valence-electron chi connectivity index (χ0n) is 12.8. The molecule has 120 valence electrons. The Labute approximate surface area is 129 Å². The number of carboxylic acids is 1. The van der Waals surface area contributed by atoms with Gasteiger partial charge in [0.1, 0.15) is 11.9 Å². The summed E-state index contributed by atoms with van der Waals surface area (Å²) in [4.78, 5) is 24.3. The molecule has 0 spiro atoms. The van der Waals surface area contributed by atoms with Gasteiger partial charge in [0.25, 0.3) is 5.91 Å². The van der Waals surface area contributed by atoms with Crippen LogP contribution in [0.5, 0.6) is 5.75 Å². The molecule has 6 nitrogen and oxygen atoms in total. The molecule has 1 amide bonds. The molecule has 0 bridgehead atoms. The fraction of sp³-hybridized carbons (Fsp3) is 0.500. The molecular formula is C16H21NO5. The average molecular weight is 307 g/mol. The van der Waals surface area contributed by atoms with E-state index in [2.05, 4.69) is 0 Å². The van der Waals surface area contributed by atoms with Crippen molar-refractivity contribution in [2.24, 2.45) is 0 Å². The number of ether oxygens (including phenoxy) is 2. The van der Waals surface area contributed by atoms with Crippen molar-refractivity contribution in [3.8, 4) is 5.75 Å². The first-order chi connectivity index (χ1) is 10.5. The van der Waals surface area contributed by atoms with Gasteiger partial charge in [-0.15, -0.1) is 0 Å². The number of likely N-dealkylation sites (N-methyl/N-ethyl adjacent to an activating group) is 1. The van der Waals surface area contributed by atoms with Crippen molar-refractivity contribution in [1.29, 1.82) is 0 Å². The summed E-state index contributed by atoms with van der Waals surface area (Å²) in [5.74, 6) is -0.524. The van der Waals surface area contributed by atoms with Gasteiger partial charge in [-0.1, -0.05) is 12.1 Å². The molecule has 0 aromatic heterocycles. The highest BCUT2D eigenvalue weighted by atomic mass is 16.5. The van der Waals surface area contributed by atoms with Crippen LogP contribution in [0.4, 0.5) is 0 Å². The van der Waals surface area contributed by atoms with Crippen LogP contribution in [0.2, 0.25) is 0 Å². The Bertz CT molecular complexity index is 528. The van der Waals surface area contributed by atoms with Gasteiger partial charge in [0.2, 0.25) is 0 Å². The van der Waals surface area contributed by atoms with Crippen molar-refractivity contribution >= 4 is 11.9 Å². The van der Waals surface area contributed by atoms with Crippen molar-refractivity contribution in [1.82, 2.24) is 4.90 Å². The number of amides is 1. The van der Waals surface area contributed by atoms with Crippen LogP contribution in [0.25, 0.3) is 0 Å². The average Bonchev–Trinajstić information content (AvgIpc) is 2.92. The topological polar surface area (TPSA) is 76.1 Å². The Morgan fingerprint density at radius 1 is 1.32 bits per heavy atom. The maximum Gasteiger partial charge on any atom is 0.341 e. The number of nitrogens with zero attached hydrogens (tertiary/aromatic N) is 1. The standard InChI is InChI=1S/C16H21NO5/c1-11-3-8-14(22-11)16(20)17(2)9-12-4-6-13(7-5-12)21-10-15(18)19/h4-7,11,14H,3,8-10H2,1-2H3,(H,18,19). The Balaban J connectivity index is 1.87. The maximum atomic E-state index is 12.3. The fourth-order valence-corrected chi connectivity index (χ4v) is 2.42. The normalized spacial score (nSPS) is 20.6. The van der Waals surface area contributed by atoms with Crippen molar-refractivity contribution in [2.45, 2.75) is 38.5 Å². The van der Waals surface area contributed by atoms with Crippen LogP contribution >= 0.6 is 0 Å². The van der Waals surface area contributed by atoms with Crippen LogP contribution in [0.15, 0.2) is 24.3 Å². The summed E-state index contributed by atoms with van der Waals surface area (Å²) < 4.78 is 10.7. The van der Waals surface area contributed by atoms with E-state index in [1.165, 1.54) is 0 Å². The zero-order valence-corrected chi connectivity index (χ0v) is 12.8.